The summed E-state index contributed by atoms with van der Waals surface area (Å²) in [5.41, 5.74) is 1.16. The lowest BCUT2D eigenvalue weighted by Gasteiger charge is -2.38. The molecule has 3 rings (SSSR count). The van der Waals surface area contributed by atoms with E-state index < -0.39 is 0 Å². The number of methoxy groups -OCH3 is 1. The fourth-order valence-electron chi connectivity index (χ4n) is 3.32. The Balaban J connectivity index is 1.59. The standard InChI is InChI=1S/C21H25NO4/c1-24-18-9-5-6-10-19(18)26-15-20(23)22-16-21(11-13-25-14-12-21)17-7-3-2-4-8-17/h2-10H,11-16H2,1H3,(H,22,23). The minimum Gasteiger partial charge on any atom is -0.493 e. The lowest BCUT2D eigenvalue weighted by atomic mass is 9.74. The van der Waals surface area contributed by atoms with Crippen molar-refractivity contribution in [1.82, 2.24) is 5.32 Å². The van der Waals surface area contributed by atoms with Crippen molar-refractivity contribution >= 4 is 5.91 Å². The number of nitrogens with one attached hydrogen (secondary N) is 1. The maximum absolute atomic E-state index is 12.3. The highest BCUT2D eigenvalue weighted by Gasteiger charge is 2.34. The maximum atomic E-state index is 12.3. The molecule has 0 aromatic heterocycles. The van der Waals surface area contributed by atoms with Crippen molar-refractivity contribution in [3.8, 4) is 11.5 Å². The highest BCUT2D eigenvalue weighted by molar-refractivity contribution is 5.77. The molecule has 5 nitrogen and oxygen atoms in total. The average Bonchev–Trinajstić information content (AvgIpc) is 2.72. The molecule has 5 heteroatoms. The van der Waals surface area contributed by atoms with E-state index in [2.05, 4.69) is 17.4 Å². The summed E-state index contributed by atoms with van der Waals surface area (Å²) in [6.45, 7) is 1.96. The first-order valence-electron chi connectivity index (χ1n) is 8.89. The van der Waals surface area contributed by atoms with E-state index in [4.69, 9.17) is 14.2 Å². The van der Waals surface area contributed by atoms with E-state index in [0.29, 0.717) is 31.3 Å². The summed E-state index contributed by atoms with van der Waals surface area (Å²) in [6.07, 6.45) is 1.79. The van der Waals surface area contributed by atoms with Crippen LogP contribution in [-0.4, -0.2) is 39.4 Å². The van der Waals surface area contributed by atoms with Crippen LogP contribution in [0.1, 0.15) is 18.4 Å². The number of ether oxygens (including phenoxy) is 3. The second kappa shape index (κ2) is 8.72. The average molecular weight is 355 g/mol. The normalized spacial score (nSPS) is 15.9. The summed E-state index contributed by atoms with van der Waals surface area (Å²) < 4.78 is 16.4. The van der Waals surface area contributed by atoms with Crippen LogP contribution in [0, 0.1) is 0 Å². The Bertz CT molecular complexity index is 711. The third-order valence-corrected chi connectivity index (χ3v) is 4.89. The van der Waals surface area contributed by atoms with E-state index in [1.54, 1.807) is 19.2 Å². The van der Waals surface area contributed by atoms with Crippen molar-refractivity contribution in [1.29, 1.82) is 0 Å². The smallest absolute Gasteiger partial charge is 0.257 e. The minimum atomic E-state index is -0.141. The van der Waals surface area contributed by atoms with Gasteiger partial charge < -0.3 is 19.5 Å². The van der Waals surface area contributed by atoms with Crippen LogP contribution in [0.3, 0.4) is 0 Å². The van der Waals surface area contributed by atoms with Crippen molar-refractivity contribution in [2.24, 2.45) is 0 Å². The third-order valence-electron chi connectivity index (χ3n) is 4.89. The summed E-state index contributed by atoms with van der Waals surface area (Å²) in [5, 5.41) is 3.04. The molecule has 26 heavy (non-hydrogen) atoms. The third kappa shape index (κ3) is 4.35. The first-order chi connectivity index (χ1) is 12.7. The van der Waals surface area contributed by atoms with E-state index in [1.165, 1.54) is 5.56 Å². The zero-order chi connectivity index (χ0) is 18.2. The van der Waals surface area contributed by atoms with Gasteiger partial charge in [0.1, 0.15) is 0 Å². The van der Waals surface area contributed by atoms with Crippen LogP contribution in [0.5, 0.6) is 11.5 Å². The molecule has 2 aromatic rings. The molecule has 1 heterocycles. The SMILES string of the molecule is COc1ccccc1OCC(=O)NCC1(c2ccccc2)CCOCC1. The molecule has 0 unspecified atom stereocenters. The number of carbonyl (C=O) groups is 1. The first-order valence-corrected chi connectivity index (χ1v) is 8.89. The molecule has 1 aliphatic heterocycles. The Morgan fingerprint density at radius 2 is 1.69 bits per heavy atom. The molecule has 2 aromatic carbocycles. The van der Waals surface area contributed by atoms with Gasteiger partial charge in [-0.25, -0.2) is 0 Å². The van der Waals surface area contributed by atoms with E-state index in [1.807, 2.05) is 30.3 Å². The van der Waals surface area contributed by atoms with Gasteiger partial charge in [0.05, 0.1) is 7.11 Å². The summed E-state index contributed by atoms with van der Waals surface area (Å²) in [4.78, 5) is 12.3. The number of amides is 1. The number of carbonyl (C=O) groups excluding carboxylic acids is 1. The number of benzene rings is 2. The lowest BCUT2D eigenvalue weighted by Crippen LogP contribution is -2.45. The van der Waals surface area contributed by atoms with E-state index in [-0.39, 0.29) is 17.9 Å². The van der Waals surface area contributed by atoms with Gasteiger partial charge >= 0.3 is 0 Å². The lowest BCUT2D eigenvalue weighted by molar-refractivity contribution is -0.123. The van der Waals surface area contributed by atoms with Gasteiger partial charge in [0.2, 0.25) is 0 Å². The van der Waals surface area contributed by atoms with Crippen LogP contribution in [0.4, 0.5) is 0 Å². The molecule has 0 aliphatic carbocycles. The molecule has 138 valence electrons. The topological polar surface area (TPSA) is 56.8 Å². The van der Waals surface area contributed by atoms with Gasteiger partial charge in [-0.15, -0.1) is 0 Å². The van der Waals surface area contributed by atoms with Crippen molar-refractivity contribution < 1.29 is 19.0 Å². The van der Waals surface area contributed by atoms with Crippen LogP contribution in [0.25, 0.3) is 0 Å². The number of hydrogen-bond donors (Lipinski definition) is 1. The highest BCUT2D eigenvalue weighted by atomic mass is 16.5. The van der Waals surface area contributed by atoms with Gasteiger partial charge in [-0.2, -0.15) is 0 Å². The van der Waals surface area contributed by atoms with Crippen molar-refractivity contribution in [2.45, 2.75) is 18.3 Å². The van der Waals surface area contributed by atoms with Gasteiger partial charge in [-0.3, -0.25) is 4.79 Å². The Kier molecular flexibility index (Phi) is 6.12. The molecule has 1 fully saturated rings. The van der Waals surface area contributed by atoms with Crippen molar-refractivity contribution in [2.75, 3.05) is 33.5 Å². The second-order valence-electron chi connectivity index (χ2n) is 6.47. The first kappa shape index (κ1) is 18.3. The van der Waals surface area contributed by atoms with E-state index in [9.17, 15) is 4.79 Å². The molecule has 0 saturated carbocycles. The zero-order valence-corrected chi connectivity index (χ0v) is 15.1. The molecule has 1 N–H and O–H groups in total. The van der Waals surface area contributed by atoms with Crippen LogP contribution >= 0.6 is 0 Å². The van der Waals surface area contributed by atoms with Gasteiger partial charge in [0.25, 0.3) is 5.91 Å². The van der Waals surface area contributed by atoms with Crippen LogP contribution < -0.4 is 14.8 Å². The predicted octanol–water partition coefficient (Wildman–Crippen LogP) is 2.94. The molecule has 1 aliphatic rings. The Hall–Kier alpha value is -2.53. The quantitative estimate of drug-likeness (QED) is 0.830. The summed E-state index contributed by atoms with van der Waals surface area (Å²) in [5.74, 6) is 1.04. The molecule has 0 radical (unpaired) electrons. The predicted molar refractivity (Wildman–Crippen MR) is 99.7 cm³/mol. The van der Waals surface area contributed by atoms with Crippen molar-refractivity contribution in [3.63, 3.8) is 0 Å². The molecule has 1 saturated heterocycles. The molecule has 0 atom stereocenters. The summed E-state index contributed by atoms with van der Waals surface area (Å²) in [6, 6.07) is 17.7. The molecular weight excluding hydrogens is 330 g/mol. The zero-order valence-electron chi connectivity index (χ0n) is 15.1. The molecule has 0 spiro atoms. The number of hydrogen-bond acceptors (Lipinski definition) is 4. The largest absolute Gasteiger partial charge is 0.493 e. The Labute approximate surface area is 154 Å². The fourth-order valence-corrected chi connectivity index (χ4v) is 3.32. The van der Waals surface area contributed by atoms with E-state index in [0.717, 1.165) is 12.8 Å². The monoisotopic (exact) mass is 355 g/mol. The minimum absolute atomic E-state index is 0.0399. The molecular formula is C21H25NO4. The van der Waals surface area contributed by atoms with Crippen molar-refractivity contribution in [3.05, 3.63) is 60.2 Å². The van der Waals surface area contributed by atoms with Crippen LogP contribution in [0.2, 0.25) is 0 Å². The molecule has 0 bridgehead atoms. The second-order valence-corrected chi connectivity index (χ2v) is 6.47. The van der Waals surface area contributed by atoms with Gasteiger partial charge in [-0.05, 0) is 30.5 Å². The Morgan fingerprint density at radius 1 is 1.04 bits per heavy atom. The van der Waals surface area contributed by atoms with Crippen LogP contribution in [0.15, 0.2) is 54.6 Å². The maximum Gasteiger partial charge on any atom is 0.257 e. The molecule has 1 amide bonds. The Morgan fingerprint density at radius 3 is 2.38 bits per heavy atom. The van der Waals surface area contributed by atoms with Crippen LogP contribution in [-0.2, 0) is 14.9 Å². The summed E-state index contributed by atoms with van der Waals surface area (Å²) in [7, 11) is 1.58. The van der Waals surface area contributed by atoms with Gasteiger partial charge in [-0.1, -0.05) is 42.5 Å². The number of rotatable bonds is 7. The fraction of sp³-hybridized carbons (Fsp3) is 0.381. The number of para-hydroxylation sites is 2. The summed E-state index contributed by atoms with van der Waals surface area (Å²) >= 11 is 0. The van der Waals surface area contributed by atoms with Gasteiger partial charge in [0.15, 0.2) is 18.1 Å². The highest BCUT2D eigenvalue weighted by Crippen LogP contribution is 2.34. The van der Waals surface area contributed by atoms with Gasteiger partial charge in [0, 0.05) is 25.2 Å². The van der Waals surface area contributed by atoms with E-state index >= 15 is 0 Å².